The van der Waals surface area contributed by atoms with Crippen LogP contribution in [0.1, 0.15) is 35.8 Å². The molecule has 1 aliphatic carbocycles. The van der Waals surface area contributed by atoms with E-state index in [0.717, 1.165) is 60.6 Å². The van der Waals surface area contributed by atoms with Crippen LogP contribution in [0.15, 0.2) is 55.1 Å². The molecule has 1 atom stereocenters. The largest absolute Gasteiger partial charge is 0.355 e. The van der Waals surface area contributed by atoms with Gasteiger partial charge in [0.25, 0.3) is 0 Å². The number of pyridine rings is 2. The predicted octanol–water partition coefficient (Wildman–Crippen LogP) is 3.34. The Balaban J connectivity index is 1.33. The molecule has 6 rings (SSSR count). The quantitative estimate of drug-likeness (QED) is 0.545. The molecule has 5 heterocycles. The van der Waals surface area contributed by atoms with E-state index in [9.17, 15) is 0 Å². The molecule has 0 bridgehead atoms. The first-order valence-corrected chi connectivity index (χ1v) is 10.9. The molecule has 156 valence electrons. The lowest BCUT2D eigenvalue weighted by atomic mass is 9.73. The number of fused-ring (bicyclic) bond motifs is 2. The van der Waals surface area contributed by atoms with Gasteiger partial charge in [-0.3, -0.25) is 9.97 Å². The Hall–Kier alpha value is -3.32. The van der Waals surface area contributed by atoms with Crippen molar-refractivity contribution in [3.63, 3.8) is 0 Å². The average Bonchev–Trinajstić information content (AvgIpc) is 3.38. The van der Waals surface area contributed by atoms with E-state index in [0.29, 0.717) is 0 Å². The highest BCUT2D eigenvalue weighted by molar-refractivity contribution is 5.75. The lowest BCUT2D eigenvalue weighted by Gasteiger charge is -2.42. The zero-order valence-corrected chi connectivity index (χ0v) is 17.6. The van der Waals surface area contributed by atoms with Crippen molar-refractivity contribution in [1.82, 2.24) is 24.6 Å². The van der Waals surface area contributed by atoms with Crippen molar-refractivity contribution in [1.29, 1.82) is 0 Å². The number of hydrogen-bond donors (Lipinski definition) is 1. The predicted molar refractivity (Wildman–Crippen MR) is 120 cm³/mol. The van der Waals surface area contributed by atoms with Gasteiger partial charge in [-0.2, -0.15) is 5.10 Å². The molecular weight excluding hydrogens is 386 g/mol. The van der Waals surface area contributed by atoms with Gasteiger partial charge in [0, 0.05) is 49.0 Å². The second-order valence-electron chi connectivity index (χ2n) is 8.78. The van der Waals surface area contributed by atoms with Crippen molar-refractivity contribution in [2.45, 2.75) is 32.2 Å². The summed E-state index contributed by atoms with van der Waals surface area (Å²) in [7, 11) is 0. The van der Waals surface area contributed by atoms with Gasteiger partial charge in [-0.25, -0.2) is 9.50 Å². The average molecular weight is 412 g/mol. The molecule has 0 saturated carbocycles. The summed E-state index contributed by atoms with van der Waals surface area (Å²) in [4.78, 5) is 16.2. The van der Waals surface area contributed by atoms with Crippen LogP contribution >= 0.6 is 0 Å². The normalized spacial score (nSPS) is 19.8. The van der Waals surface area contributed by atoms with Crippen molar-refractivity contribution in [2.24, 2.45) is 11.1 Å². The highest BCUT2D eigenvalue weighted by atomic mass is 15.3. The van der Waals surface area contributed by atoms with Gasteiger partial charge >= 0.3 is 0 Å². The van der Waals surface area contributed by atoms with Gasteiger partial charge in [-0.05, 0) is 61.4 Å². The number of rotatable bonds is 2. The first-order valence-electron chi connectivity index (χ1n) is 10.9. The minimum atomic E-state index is 0.0668. The maximum Gasteiger partial charge on any atom is 0.155 e. The summed E-state index contributed by atoms with van der Waals surface area (Å²) < 4.78 is 2.01. The van der Waals surface area contributed by atoms with Gasteiger partial charge in [-0.15, -0.1) is 0 Å². The van der Waals surface area contributed by atoms with Crippen molar-refractivity contribution < 1.29 is 0 Å². The minimum absolute atomic E-state index is 0.0668. The van der Waals surface area contributed by atoms with Crippen LogP contribution in [-0.2, 0) is 6.42 Å². The Morgan fingerprint density at radius 1 is 1.03 bits per heavy atom. The molecular formula is C24H25N7. The summed E-state index contributed by atoms with van der Waals surface area (Å²) in [6.07, 6.45) is 10.4. The number of nitrogens with zero attached hydrogens (tertiary/aromatic N) is 6. The maximum absolute atomic E-state index is 6.73. The number of aryl methyl sites for hydroxylation is 1. The summed E-state index contributed by atoms with van der Waals surface area (Å²) in [5.41, 5.74) is 13.3. The minimum Gasteiger partial charge on any atom is -0.355 e. The zero-order valence-electron chi connectivity index (χ0n) is 17.6. The molecule has 0 aromatic carbocycles. The van der Waals surface area contributed by atoms with E-state index < -0.39 is 0 Å². The summed E-state index contributed by atoms with van der Waals surface area (Å²) in [5.74, 6) is 1.00. The molecule has 2 aliphatic rings. The van der Waals surface area contributed by atoms with Crippen LogP contribution < -0.4 is 10.6 Å². The highest BCUT2D eigenvalue weighted by Gasteiger charge is 2.46. The van der Waals surface area contributed by atoms with Crippen LogP contribution in [0.25, 0.3) is 16.8 Å². The van der Waals surface area contributed by atoms with E-state index in [1.807, 2.05) is 35.1 Å². The number of aromatic nitrogens is 5. The second-order valence-corrected chi connectivity index (χ2v) is 8.78. The van der Waals surface area contributed by atoms with Gasteiger partial charge in [-0.1, -0.05) is 6.07 Å². The van der Waals surface area contributed by atoms with Gasteiger partial charge in [0.1, 0.15) is 5.52 Å². The van der Waals surface area contributed by atoms with Crippen molar-refractivity contribution in [3.8, 4) is 11.3 Å². The van der Waals surface area contributed by atoms with Gasteiger partial charge < -0.3 is 10.6 Å². The van der Waals surface area contributed by atoms with Gasteiger partial charge in [0.15, 0.2) is 5.82 Å². The van der Waals surface area contributed by atoms with Crippen LogP contribution in [-0.4, -0.2) is 37.7 Å². The van der Waals surface area contributed by atoms with Crippen LogP contribution in [0.4, 0.5) is 5.82 Å². The summed E-state index contributed by atoms with van der Waals surface area (Å²) in [6.45, 7) is 3.92. The molecule has 4 aromatic heterocycles. The van der Waals surface area contributed by atoms with Gasteiger partial charge in [0.2, 0.25) is 0 Å². The Bertz CT molecular complexity index is 1260. The molecule has 0 unspecified atom stereocenters. The fraction of sp³-hybridized carbons (Fsp3) is 0.333. The first kappa shape index (κ1) is 18.4. The molecule has 31 heavy (non-hydrogen) atoms. The van der Waals surface area contributed by atoms with Crippen LogP contribution in [0.5, 0.6) is 0 Å². The molecule has 1 spiro atoms. The molecule has 2 N–H and O–H groups in total. The fourth-order valence-electron chi connectivity index (χ4n) is 5.45. The summed E-state index contributed by atoms with van der Waals surface area (Å²) >= 11 is 0. The van der Waals surface area contributed by atoms with Crippen LogP contribution in [0.3, 0.4) is 0 Å². The van der Waals surface area contributed by atoms with Crippen molar-refractivity contribution in [3.05, 3.63) is 72.1 Å². The molecule has 0 radical (unpaired) electrons. The van der Waals surface area contributed by atoms with Crippen LogP contribution in [0, 0.1) is 12.3 Å². The lowest BCUT2D eigenvalue weighted by molar-refractivity contribution is 0.187. The monoisotopic (exact) mass is 411 g/mol. The molecule has 1 fully saturated rings. The number of nitrogens with two attached hydrogens (primary N) is 1. The number of piperidine rings is 1. The molecule has 0 amide bonds. The smallest absolute Gasteiger partial charge is 0.155 e. The third-order valence-electron chi connectivity index (χ3n) is 7.15. The second kappa shape index (κ2) is 6.85. The lowest BCUT2D eigenvalue weighted by Crippen LogP contribution is -2.44. The summed E-state index contributed by atoms with van der Waals surface area (Å²) in [6, 6.07) is 10.3. The van der Waals surface area contributed by atoms with E-state index in [2.05, 4.69) is 39.0 Å². The maximum atomic E-state index is 6.73. The molecule has 4 aromatic rings. The molecule has 1 aliphatic heterocycles. The Labute approximate surface area is 181 Å². The SMILES string of the molecule is Cc1nc(N2CCC3(CC2)Cc2ncccc2[C@H]3N)c2ccnn2c1-c1ccncc1. The third-order valence-corrected chi connectivity index (χ3v) is 7.15. The first-order chi connectivity index (χ1) is 15.2. The van der Waals surface area contributed by atoms with Crippen LogP contribution in [0.2, 0.25) is 0 Å². The van der Waals surface area contributed by atoms with Crippen molar-refractivity contribution >= 4 is 11.3 Å². The molecule has 7 nitrogen and oxygen atoms in total. The Morgan fingerprint density at radius 3 is 2.61 bits per heavy atom. The fourth-order valence-corrected chi connectivity index (χ4v) is 5.45. The summed E-state index contributed by atoms with van der Waals surface area (Å²) in [5, 5.41) is 4.62. The Kier molecular flexibility index (Phi) is 4.08. The van der Waals surface area contributed by atoms with E-state index in [1.165, 1.54) is 11.3 Å². The number of anilines is 1. The van der Waals surface area contributed by atoms with E-state index in [-0.39, 0.29) is 11.5 Å². The van der Waals surface area contributed by atoms with Gasteiger partial charge in [0.05, 0.1) is 17.6 Å². The molecule has 1 saturated heterocycles. The zero-order chi connectivity index (χ0) is 21.0. The standard InChI is InChI=1S/C24H25N7/c1-16-21(17-4-10-26-11-5-17)31-20(6-12-28-31)23(29-16)30-13-7-24(8-14-30)15-19-18(22(24)25)3-2-9-27-19/h2-6,9-12,22H,7-8,13-15,25H2,1H3/t22-/m1/s1. The highest BCUT2D eigenvalue weighted by Crippen LogP contribution is 2.50. The van der Waals surface area contributed by atoms with E-state index in [1.54, 1.807) is 12.4 Å². The molecule has 7 heteroatoms. The Morgan fingerprint density at radius 2 is 1.84 bits per heavy atom. The van der Waals surface area contributed by atoms with Crippen molar-refractivity contribution in [2.75, 3.05) is 18.0 Å². The van der Waals surface area contributed by atoms with E-state index >= 15 is 0 Å². The van der Waals surface area contributed by atoms with E-state index in [4.69, 9.17) is 10.7 Å². The third kappa shape index (κ3) is 2.76. The number of hydrogen-bond acceptors (Lipinski definition) is 6. The topological polar surface area (TPSA) is 85.2 Å².